The van der Waals surface area contributed by atoms with E-state index in [1.807, 2.05) is 48.5 Å². The Morgan fingerprint density at radius 1 is 0.833 bits per heavy atom. The second-order valence-corrected chi connectivity index (χ2v) is 4.16. The van der Waals surface area contributed by atoms with Crippen molar-refractivity contribution in [2.45, 2.75) is 6.04 Å². The summed E-state index contributed by atoms with van der Waals surface area (Å²) in [7, 11) is 0. The molecule has 1 aromatic heterocycles. The molecule has 0 amide bonds. The molecule has 0 saturated heterocycles. The molecular formula is C15H13N3. The Morgan fingerprint density at radius 3 is 2.44 bits per heavy atom. The van der Waals surface area contributed by atoms with Gasteiger partial charge in [-0.2, -0.15) is 0 Å². The number of nitrogens with two attached hydrogens (primary N) is 1. The fourth-order valence-corrected chi connectivity index (χ4v) is 2.11. The molecule has 2 aromatic carbocycles. The summed E-state index contributed by atoms with van der Waals surface area (Å²) in [6, 6.07) is 15.8. The van der Waals surface area contributed by atoms with Gasteiger partial charge in [-0.25, -0.2) is 0 Å². The Kier molecular flexibility index (Phi) is 2.74. The van der Waals surface area contributed by atoms with Crippen molar-refractivity contribution in [3.8, 4) is 0 Å². The molecule has 1 heterocycles. The fourth-order valence-electron chi connectivity index (χ4n) is 2.11. The van der Waals surface area contributed by atoms with E-state index in [4.69, 9.17) is 5.73 Å². The summed E-state index contributed by atoms with van der Waals surface area (Å²) in [6.07, 6.45) is 3.39. The van der Waals surface area contributed by atoms with Gasteiger partial charge in [-0.1, -0.05) is 42.5 Å². The Bertz CT molecular complexity index is 659. The highest BCUT2D eigenvalue weighted by molar-refractivity contribution is 5.78. The van der Waals surface area contributed by atoms with Crippen molar-refractivity contribution < 1.29 is 0 Å². The zero-order valence-corrected chi connectivity index (χ0v) is 9.82. The topological polar surface area (TPSA) is 51.8 Å². The lowest BCUT2D eigenvalue weighted by Crippen LogP contribution is -2.12. The molecule has 1 atom stereocenters. The number of nitrogens with zero attached hydrogens (tertiary/aromatic N) is 2. The van der Waals surface area contributed by atoms with Crippen LogP contribution in [0.2, 0.25) is 0 Å². The van der Waals surface area contributed by atoms with Crippen LogP contribution in [0.25, 0.3) is 11.0 Å². The molecule has 0 aliphatic heterocycles. The predicted molar refractivity (Wildman–Crippen MR) is 72.0 cm³/mol. The Hall–Kier alpha value is -2.26. The van der Waals surface area contributed by atoms with Crippen molar-refractivity contribution in [1.82, 2.24) is 9.97 Å². The summed E-state index contributed by atoms with van der Waals surface area (Å²) < 4.78 is 0. The molecule has 18 heavy (non-hydrogen) atoms. The van der Waals surface area contributed by atoms with Gasteiger partial charge in [-0.05, 0) is 11.6 Å². The highest BCUT2D eigenvalue weighted by Gasteiger charge is 2.12. The van der Waals surface area contributed by atoms with Gasteiger partial charge in [-0.15, -0.1) is 0 Å². The van der Waals surface area contributed by atoms with Crippen molar-refractivity contribution in [3.05, 3.63) is 72.1 Å². The first kappa shape index (κ1) is 10.9. The maximum Gasteiger partial charge on any atom is 0.0937 e. The van der Waals surface area contributed by atoms with Crippen molar-refractivity contribution in [1.29, 1.82) is 0 Å². The SMILES string of the molecule is NC(c1ccccc1)c1cccc2nccnc12. The van der Waals surface area contributed by atoms with Gasteiger partial charge in [0, 0.05) is 18.0 Å². The third kappa shape index (κ3) is 1.85. The molecule has 88 valence electrons. The maximum atomic E-state index is 6.31. The fraction of sp³-hybridized carbons (Fsp3) is 0.0667. The van der Waals surface area contributed by atoms with Gasteiger partial charge >= 0.3 is 0 Å². The van der Waals surface area contributed by atoms with E-state index in [1.54, 1.807) is 12.4 Å². The van der Waals surface area contributed by atoms with E-state index in [-0.39, 0.29) is 6.04 Å². The summed E-state index contributed by atoms with van der Waals surface area (Å²) in [4.78, 5) is 8.69. The number of aromatic nitrogens is 2. The minimum atomic E-state index is -0.174. The zero-order chi connectivity index (χ0) is 12.4. The van der Waals surface area contributed by atoms with Crippen molar-refractivity contribution in [2.75, 3.05) is 0 Å². The summed E-state index contributed by atoms with van der Waals surface area (Å²) >= 11 is 0. The van der Waals surface area contributed by atoms with Gasteiger partial charge in [0.1, 0.15) is 0 Å². The van der Waals surface area contributed by atoms with Crippen molar-refractivity contribution in [2.24, 2.45) is 5.73 Å². The van der Waals surface area contributed by atoms with Crippen LogP contribution in [0.15, 0.2) is 60.9 Å². The Labute approximate surface area is 105 Å². The van der Waals surface area contributed by atoms with Crippen LogP contribution >= 0.6 is 0 Å². The van der Waals surface area contributed by atoms with Crippen LogP contribution in [-0.4, -0.2) is 9.97 Å². The van der Waals surface area contributed by atoms with Gasteiger partial charge in [0.05, 0.1) is 17.1 Å². The van der Waals surface area contributed by atoms with Crippen molar-refractivity contribution in [3.63, 3.8) is 0 Å². The van der Waals surface area contributed by atoms with Crippen LogP contribution < -0.4 is 5.73 Å². The quantitative estimate of drug-likeness (QED) is 0.743. The first-order valence-corrected chi connectivity index (χ1v) is 5.86. The number of rotatable bonds is 2. The number of hydrogen-bond acceptors (Lipinski definition) is 3. The molecule has 0 aliphatic carbocycles. The van der Waals surface area contributed by atoms with Gasteiger partial charge in [0.15, 0.2) is 0 Å². The number of benzene rings is 2. The third-order valence-electron chi connectivity index (χ3n) is 3.02. The maximum absolute atomic E-state index is 6.31. The average molecular weight is 235 g/mol. The van der Waals surface area contributed by atoms with Crippen LogP contribution in [0.1, 0.15) is 17.2 Å². The monoisotopic (exact) mass is 235 g/mol. The van der Waals surface area contributed by atoms with E-state index in [9.17, 15) is 0 Å². The Morgan fingerprint density at radius 2 is 1.61 bits per heavy atom. The van der Waals surface area contributed by atoms with E-state index in [0.29, 0.717) is 0 Å². The van der Waals surface area contributed by atoms with Crippen LogP contribution in [0.3, 0.4) is 0 Å². The smallest absolute Gasteiger partial charge is 0.0937 e. The summed E-state index contributed by atoms with van der Waals surface area (Å²) in [5, 5.41) is 0. The Balaban J connectivity index is 2.15. The third-order valence-corrected chi connectivity index (χ3v) is 3.02. The molecule has 3 heteroatoms. The van der Waals surface area contributed by atoms with Gasteiger partial charge in [0.25, 0.3) is 0 Å². The largest absolute Gasteiger partial charge is 0.320 e. The summed E-state index contributed by atoms with van der Waals surface area (Å²) in [5.74, 6) is 0. The van der Waals surface area contributed by atoms with E-state index in [1.165, 1.54) is 0 Å². The predicted octanol–water partition coefficient (Wildman–Crippen LogP) is 2.68. The summed E-state index contributed by atoms with van der Waals surface area (Å²) in [6.45, 7) is 0. The van der Waals surface area contributed by atoms with Gasteiger partial charge in [-0.3, -0.25) is 9.97 Å². The molecule has 1 unspecified atom stereocenters. The first-order valence-electron chi connectivity index (χ1n) is 5.86. The lowest BCUT2D eigenvalue weighted by atomic mass is 9.98. The zero-order valence-electron chi connectivity index (χ0n) is 9.82. The van der Waals surface area contributed by atoms with E-state index < -0.39 is 0 Å². The minimum absolute atomic E-state index is 0.174. The second-order valence-electron chi connectivity index (χ2n) is 4.16. The molecule has 0 fully saturated rings. The molecule has 3 aromatic rings. The van der Waals surface area contributed by atoms with Crippen LogP contribution in [0.5, 0.6) is 0 Å². The second kappa shape index (κ2) is 4.55. The molecular weight excluding hydrogens is 222 g/mol. The highest BCUT2D eigenvalue weighted by atomic mass is 14.8. The van der Waals surface area contributed by atoms with E-state index in [2.05, 4.69) is 9.97 Å². The molecule has 0 bridgehead atoms. The molecule has 0 radical (unpaired) electrons. The molecule has 0 aliphatic rings. The van der Waals surface area contributed by atoms with Crippen LogP contribution in [0, 0.1) is 0 Å². The number of fused-ring (bicyclic) bond motifs is 1. The molecule has 0 saturated carbocycles. The summed E-state index contributed by atoms with van der Waals surface area (Å²) in [5.41, 5.74) is 10.1. The molecule has 3 nitrogen and oxygen atoms in total. The normalized spacial score (nSPS) is 12.5. The average Bonchev–Trinajstić information content (AvgIpc) is 2.47. The van der Waals surface area contributed by atoms with E-state index >= 15 is 0 Å². The number of para-hydroxylation sites is 1. The van der Waals surface area contributed by atoms with Gasteiger partial charge < -0.3 is 5.73 Å². The molecule has 3 rings (SSSR count). The highest BCUT2D eigenvalue weighted by Crippen LogP contribution is 2.24. The van der Waals surface area contributed by atoms with Gasteiger partial charge in [0.2, 0.25) is 0 Å². The standard InChI is InChI=1S/C15H13N3/c16-14(11-5-2-1-3-6-11)12-7-4-8-13-15(12)18-10-9-17-13/h1-10,14H,16H2. The molecule has 0 spiro atoms. The van der Waals surface area contributed by atoms with E-state index in [0.717, 1.165) is 22.2 Å². The van der Waals surface area contributed by atoms with Crippen molar-refractivity contribution >= 4 is 11.0 Å². The molecule has 2 N–H and O–H groups in total. The lowest BCUT2D eigenvalue weighted by Gasteiger charge is -2.13. The van der Waals surface area contributed by atoms with Crippen LogP contribution in [-0.2, 0) is 0 Å². The van der Waals surface area contributed by atoms with Crippen LogP contribution in [0.4, 0.5) is 0 Å². The first-order chi connectivity index (χ1) is 8.86. The minimum Gasteiger partial charge on any atom is -0.320 e. The lowest BCUT2D eigenvalue weighted by molar-refractivity contribution is 0.876. The number of hydrogen-bond donors (Lipinski definition) is 1.